The molecule has 124 valence electrons. The summed E-state index contributed by atoms with van der Waals surface area (Å²) in [4.78, 5) is 0. The van der Waals surface area contributed by atoms with E-state index < -0.39 is 20.0 Å². The van der Waals surface area contributed by atoms with Crippen LogP contribution < -0.4 is 4.72 Å². The van der Waals surface area contributed by atoms with Crippen molar-refractivity contribution in [2.24, 2.45) is 0 Å². The summed E-state index contributed by atoms with van der Waals surface area (Å²) in [7, 11) is -6.57. The predicted molar refractivity (Wildman–Crippen MR) is 87.7 cm³/mol. The van der Waals surface area contributed by atoms with E-state index in [4.69, 9.17) is 0 Å². The van der Waals surface area contributed by atoms with Gasteiger partial charge in [0, 0.05) is 18.8 Å². The maximum atomic E-state index is 12.0. The van der Waals surface area contributed by atoms with E-state index in [0.717, 1.165) is 11.1 Å². The summed E-state index contributed by atoms with van der Waals surface area (Å²) in [6.45, 7) is 4.21. The van der Waals surface area contributed by atoms with E-state index in [-0.39, 0.29) is 11.5 Å². The Bertz CT molecular complexity index is 742. The standard InChI is InChI=1S/C14H22N2O4S2/c1-3-9-21(17,18)15-14-6-5-12-7-8-16(11-13(12)10-14)22(19,20)4-2/h5-6,10,15H,3-4,7-9,11H2,1-2H3. The second kappa shape index (κ2) is 6.55. The van der Waals surface area contributed by atoms with E-state index in [1.54, 1.807) is 26.0 Å². The van der Waals surface area contributed by atoms with Gasteiger partial charge in [-0.15, -0.1) is 0 Å². The van der Waals surface area contributed by atoms with Gasteiger partial charge in [-0.3, -0.25) is 4.72 Å². The van der Waals surface area contributed by atoms with Gasteiger partial charge in [0.05, 0.1) is 11.5 Å². The van der Waals surface area contributed by atoms with Crippen LogP contribution >= 0.6 is 0 Å². The summed E-state index contributed by atoms with van der Waals surface area (Å²) in [5, 5.41) is 0. The zero-order valence-electron chi connectivity index (χ0n) is 12.9. The molecule has 0 radical (unpaired) electrons. The van der Waals surface area contributed by atoms with Crippen molar-refractivity contribution in [1.82, 2.24) is 4.31 Å². The summed E-state index contributed by atoms with van der Waals surface area (Å²) >= 11 is 0. The molecule has 0 spiro atoms. The monoisotopic (exact) mass is 346 g/mol. The Balaban J connectivity index is 2.23. The van der Waals surface area contributed by atoms with Crippen LogP contribution in [0.3, 0.4) is 0 Å². The van der Waals surface area contributed by atoms with Crippen LogP contribution in [0.1, 0.15) is 31.4 Å². The number of rotatable bonds is 6. The lowest BCUT2D eigenvalue weighted by Gasteiger charge is -2.28. The van der Waals surface area contributed by atoms with Gasteiger partial charge in [0.25, 0.3) is 0 Å². The highest BCUT2D eigenvalue weighted by molar-refractivity contribution is 7.92. The Hall–Kier alpha value is -1.12. The topological polar surface area (TPSA) is 83.6 Å². The van der Waals surface area contributed by atoms with Gasteiger partial charge in [0.15, 0.2) is 0 Å². The van der Waals surface area contributed by atoms with Crippen LogP contribution in [0.4, 0.5) is 5.69 Å². The molecule has 8 heteroatoms. The Labute approximate surface area is 132 Å². The third kappa shape index (κ3) is 3.99. The van der Waals surface area contributed by atoms with Crippen molar-refractivity contribution in [3.8, 4) is 0 Å². The first-order valence-electron chi connectivity index (χ1n) is 7.37. The largest absolute Gasteiger partial charge is 0.284 e. The second-order valence-corrected chi connectivity index (χ2v) is 9.49. The van der Waals surface area contributed by atoms with E-state index in [9.17, 15) is 16.8 Å². The van der Waals surface area contributed by atoms with Crippen molar-refractivity contribution in [2.45, 2.75) is 33.2 Å². The van der Waals surface area contributed by atoms with E-state index in [1.807, 2.05) is 6.07 Å². The molecule has 0 saturated carbocycles. The molecule has 1 aliphatic rings. The number of hydrogen-bond donors (Lipinski definition) is 1. The van der Waals surface area contributed by atoms with Crippen molar-refractivity contribution in [3.05, 3.63) is 29.3 Å². The number of fused-ring (bicyclic) bond motifs is 1. The Morgan fingerprint density at radius 3 is 2.50 bits per heavy atom. The van der Waals surface area contributed by atoms with Crippen molar-refractivity contribution >= 4 is 25.7 Å². The molecule has 1 N–H and O–H groups in total. The van der Waals surface area contributed by atoms with Crippen LogP contribution in [0, 0.1) is 0 Å². The molecule has 22 heavy (non-hydrogen) atoms. The Morgan fingerprint density at radius 1 is 1.14 bits per heavy atom. The van der Waals surface area contributed by atoms with E-state index in [2.05, 4.69) is 4.72 Å². The molecule has 0 atom stereocenters. The number of hydrogen-bond acceptors (Lipinski definition) is 4. The third-order valence-electron chi connectivity index (χ3n) is 3.69. The van der Waals surface area contributed by atoms with Gasteiger partial charge in [0.2, 0.25) is 20.0 Å². The summed E-state index contributed by atoms with van der Waals surface area (Å²) in [5.74, 6) is 0.144. The van der Waals surface area contributed by atoms with Crippen LogP contribution in [-0.2, 0) is 33.0 Å². The fraction of sp³-hybridized carbons (Fsp3) is 0.571. The van der Waals surface area contributed by atoms with Gasteiger partial charge in [-0.05, 0) is 43.0 Å². The highest BCUT2D eigenvalue weighted by Crippen LogP contribution is 2.25. The molecule has 1 aliphatic heterocycles. The van der Waals surface area contributed by atoms with Crippen molar-refractivity contribution in [1.29, 1.82) is 0 Å². The van der Waals surface area contributed by atoms with Gasteiger partial charge < -0.3 is 0 Å². The summed E-state index contributed by atoms with van der Waals surface area (Å²) in [6.07, 6.45) is 1.19. The molecule has 2 rings (SSSR count). The quantitative estimate of drug-likeness (QED) is 0.847. The van der Waals surface area contributed by atoms with Gasteiger partial charge in [-0.25, -0.2) is 16.8 Å². The fourth-order valence-corrected chi connectivity index (χ4v) is 4.71. The fourth-order valence-electron chi connectivity index (χ4n) is 2.51. The molecular weight excluding hydrogens is 324 g/mol. The average molecular weight is 346 g/mol. The summed E-state index contributed by atoms with van der Waals surface area (Å²) < 4.78 is 51.6. The molecule has 0 saturated heterocycles. The minimum absolute atomic E-state index is 0.0699. The number of benzene rings is 1. The molecule has 0 bridgehead atoms. The van der Waals surface area contributed by atoms with Gasteiger partial charge in [-0.2, -0.15) is 4.31 Å². The molecule has 0 aliphatic carbocycles. The predicted octanol–water partition coefficient (Wildman–Crippen LogP) is 1.55. The minimum Gasteiger partial charge on any atom is -0.284 e. The first-order valence-corrected chi connectivity index (χ1v) is 10.6. The lowest BCUT2D eigenvalue weighted by Crippen LogP contribution is -2.36. The molecule has 1 aromatic rings. The van der Waals surface area contributed by atoms with Gasteiger partial charge in [0.1, 0.15) is 0 Å². The van der Waals surface area contributed by atoms with E-state index in [1.165, 1.54) is 4.31 Å². The van der Waals surface area contributed by atoms with Crippen molar-refractivity contribution < 1.29 is 16.8 Å². The highest BCUT2D eigenvalue weighted by Gasteiger charge is 2.25. The molecule has 1 aromatic carbocycles. The maximum absolute atomic E-state index is 12.0. The lowest BCUT2D eigenvalue weighted by molar-refractivity contribution is 0.392. The molecule has 0 amide bonds. The van der Waals surface area contributed by atoms with Crippen LogP contribution in [0.5, 0.6) is 0 Å². The first-order chi connectivity index (χ1) is 10.3. The normalized spacial score (nSPS) is 16.3. The summed E-state index contributed by atoms with van der Waals surface area (Å²) in [6, 6.07) is 5.34. The van der Waals surface area contributed by atoms with E-state index in [0.29, 0.717) is 31.6 Å². The van der Waals surface area contributed by atoms with Crippen LogP contribution in [0.15, 0.2) is 18.2 Å². The van der Waals surface area contributed by atoms with Crippen LogP contribution in [0.2, 0.25) is 0 Å². The number of anilines is 1. The van der Waals surface area contributed by atoms with Crippen LogP contribution in [0.25, 0.3) is 0 Å². The zero-order valence-corrected chi connectivity index (χ0v) is 14.5. The average Bonchev–Trinajstić information content (AvgIpc) is 2.45. The molecule has 6 nitrogen and oxygen atoms in total. The molecule has 0 unspecified atom stereocenters. The molecular formula is C14H22N2O4S2. The van der Waals surface area contributed by atoms with E-state index >= 15 is 0 Å². The third-order valence-corrected chi connectivity index (χ3v) is 7.01. The lowest BCUT2D eigenvalue weighted by atomic mass is 10.0. The number of nitrogens with zero attached hydrogens (tertiary/aromatic N) is 1. The minimum atomic E-state index is -3.34. The Morgan fingerprint density at radius 2 is 1.86 bits per heavy atom. The highest BCUT2D eigenvalue weighted by atomic mass is 32.2. The SMILES string of the molecule is CCCS(=O)(=O)Nc1ccc2c(c1)CN(S(=O)(=O)CC)CC2. The maximum Gasteiger partial charge on any atom is 0.232 e. The molecule has 0 aromatic heterocycles. The molecule has 1 heterocycles. The number of nitrogens with one attached hydrogen (secondary N) is 1. The van der Waals surface area contributed by atoms with Crippen LogP contribution in [-0.4, -0.2) is 39.2 Å². The number of sulfonamides is 2. The van der Waals surface area contributed by atoms with Crippen molar-refractivity contribution in [2.75, 3.05) is 22.8 Å². The first kappa shape index (κ1) is 17.2. The summed E-state index contributed by atoms with van der Waals surface area (Å²) in [5.41, 5.74) is 2.42. The van der Waals surface area contributed by atoms with Gasteiger partial charge in [-0.1, -0.05) is 13.0 Å². The smallest absolute Gasteiger partial charge is 0.232 e. The Kier molecular flexibility index (Phi) is 5.14. The zero-order chi connectivity index (χ0) is 16.4. The molecule has 0 fully saturated rings. The van der Waals surface area contributed by atoms with Crippen molar-refractivity contribution in [3.63, 3.8) is 0 Å². The van der Waals surface area contributed by atoms with Gasteiger partial charge >= 0.3 is 0 Å². The second-order valence-electron chi connectivity index (χ2n) is 5.39.